The first-order valence-corrected chi connectivity index (χ1v) is 22.0. The average Bonchev–Trinajstić information content (AvgIpc) is 3.67. The second-order valence-electron chi connectivity index (χ2n) is 20.0. The van der Waals surface area contributed by atoms with Crippen LogP contribution in [0.4, 0.5) is 0 Å². The highest BCUT2D eigenvalue weighted by Crippen LogP contribution is 2.71. The maximum absolute atomic E-state index is 11.4. The minimum Gasteiger partial charge on any atom is -0.393 e. The Morgan fingerprint density at radius 2 is 1.45 bits per heavy atom. The van der Waals surface area contributed by atoms with Gasteiger partial charge in [-0.25, -0.2) is 0 Å². The van der Waals surface area contributed by atoms with Gasteiger partial charge in [0.1, 0.15) is 61.0 Å². The Morgan fingerprint density at radius 3 is 2.20 bits per heavy atom. The molecule has 0 bridgehead atoms. The molecule has 60 heavy (non-hydrogen) atoms. The molecule has 3 unspecified atom stereocenters. The van der Waals surface area contributed by atoms with Gasteiger partial charge in [-0.05, 0) is 73.7 Å². The molecule has 0 aromatic heterocycles. The molecule has 340 valence electrons. The summed E-state index contributed by atoms with van der Waals surface area (Å²) < 4.78 is 50.1. The molecule has 1 spiro atoms. The average molecular weight is 855 g/mol. The van der Waals surface area contributed by atoms with Crippen LogP contribution in [0.2, 0.25) is 0 Å². The number of hydrogen-bond acceptors (Lipinski definition) is 17. The second-order valence-corrected chi connectivity index (χ2v) is 20.0. The Balaban J connectivity index is 0.995. The third-order valence-electron chi connectivity index (χ3n) is 16.7. The van der Waals surface area contributed by atoms with Gasteiger partial charge in [-0.3, -0.25) is 0 Å². The zero-order valence-electron chi connectivity index (χ0n) is 34.8. The maximum Gasteiger partial charge on any atom is 0.198 e. The number of fused-ring (bicyclic) bond motifs is 7. The smallest absolute Gasteiger partial charge is 0.198 e. The number of aliphatic hydroxyl groups is 9. The number of aliphatic hydroxyl groups excluding tert-OH is 9. The maximum atomic E-state index is 11.4. The van der Waals surface area contributed by atoms with E-state index in [1.807, 2.05) is 0 Å². The van der Waals surface area contributed by atoms with Gasteiger partial charge < -0.3 is 83.9 Å². The molecule has 17 nitrogen and oxygen atoms in total. The van der Waals surface area contributed by atoms with Crippen molar-refractivity contribution < 1.29 is 83.9 Å². The van der Waals surface area contributed by atoms with Crippen LogP contribution >= 0.6 is 0 Å². The van der Waals surface area contributed by atoms with E-state index in [0.717, 1.165) is 36.8 Å². The highest BCUT2D eigenvalue weighted by atomic mass is 16.8. The molecule has 5 heterocycles. The highest BCUT2D eigenvalue weighted by Gasteiger charge is 2.71. The summed E-state index contributed by atoms with van der Waals surface area (Å²) in [4.78, 5) is 0. The first-order valence-electron chi connectivity index (χ1n) is 22.0. The third-order valence-corrected chi connectivity index (χ3v) is 16.7. The van der Waals surface area contributed by atoms with Crippen molar-refractivity contribution in [2.45, 2.75) is 183 Å². The van der Waals surface area contributed by atoms with Crippen molar-refractivity contribution >= 4 is 0 Å². The SMILES string of the molecule is C=C1CO[C@@]2(O[C@H]3CC4C5CC=C6C[C@@H](O)C[C@@H](O[C@@H]7OC[C@H](O)[C@H](O[C@@H]8OC[C@@H](O)[C@H](O)[C@H]8O)[C@H]7O[C@@H]7O[C@@H](C)[C@H](O)[C@@H](O)[C@H]7O)[C@]6(C)C5CC[C@]4(C)[C@H]3[C@@H]2C)[C@@H](O)C1. The van der Waals surface area contributed by atoms with Crippen LogP contribution in [0.25, 0.3) is 0 Å². The van der Waals surface area contributed by atoms with E-state index in [1.54, 1.807) is 0 Å². The van der Waals surface area contributed by atoms with E-state index in [4.69, 9.17) is 37.9 Å². The summed E-state index contributed by atoms with van der Waals surface area (Å²) >= 11 is 0. The second kappa shape index (κ2) is 16.0. The lowest BCUT2D eigenvalue weighted by molar-refractivity contribution is -0.382. The van der Waals surface area contributed by atoms with E-state index in [2.05, 4.69) is 33.4 Å². The molecule has 4 aliphatic carbocycles. The van der Waals surface area contributed by atoms with Crippen molar-refractivity contribution in [2.24, 2.45) is 40.4 Å². The molecular weight excluding hydrogens is 788 g/mol. The van der Waals surface area contributed by atoms with Crippen LogP contribution in [0.15, 0.2) is 23.8 Å². The molecule has 3 saturated carbocycles. The molecule has 9 aliphatic rings. The molecule has 8 fully saturated rings. The zero-order valence-corrected chi connectivity index (χ0v) is 34.8. The third kappa shape index (κ3) is 6.84. The van der Waals surface area contributed by atoms with Gasteiger partial charge in [0.15, 0.2) is 24.7 Å². The number of rotatable bonds is 6. The molecule has 17 heteroatoms. The van der Waals surface area contributed by atoms with Crippen LogP contribution in [0.1, 0.15) is 72.6 Å². The quantitative estimate of drug-likeness (QED) is 0.151. The van der Waals surface area contributed by atoms with Crippen molar-refractivity contribution in [3.8, 4) is 0 Å². The van der Waals surface area contributed by atoms with Crippen LogP contribution in [-0.2, 0) is 37.9 Å². The predicted molar refractivity (Wildman–Crippen MR) is 205 cm³/mol. The molecule has 5 saturated heterocycles. The Hall–Kier alpha value is -1.20. The molecule has 0 radical (unpaired) electrons. The normalized spacial score (nSPS) is 58.0. The summed E-state index contributed by atoms with van der Waals surface area (Å²) in [6.45, 7) is 12.0. The molecular formula is C43H66O17. The van der Waals surface area contributed by atoms with Gasteiger partial charge in [0, 0.05) is 24.2 Å². The predicted octanol–water partition coefficient (Wildman–Crippen LogP) is -0.646. The first-order chi connectivity index (χ1) is 28.4. The summed E-state index contributed by atoms with van der Waals surface area (Å²) in [5, 5.41) is 97.5. The first kappa shape index (κ1) is 44.0. The lowest BCUT2D eigenvalue weighted by Crippen LogP contribution is -2.65. The Labute approximate surface area is 350 Å². The van der Waals surface area contributed by atoms with Crippen molar-refractivity contribution in [1.82, 2.24) is 0 Å². The van der Waals surface area contributed by atoms with E-state index in [1.165, 1.54) is 6.92 Å². The highest BCUT2D eigenvalue weighted by molar-refractivity contribution is 5.29. The Bertz CT molecular complexity index is 1630. The summed E-state index contributed by atoms with van der Waals surface area (Å²) in [5.41, 5.74) is 1.31. The van der Waals surface area contributed by atoms with Crippen LogP contribution in [0, 0.1) is 40.4 Å². The summed E-state index contributed by atoms with van der Waals surface area (Å²) in [7, 11) is 0. The monoisotopic (exact) mass is 854 g/mol. The fraction of sp³-hybridized carbons (Fsp3) is 0.907. The zero-order chi connectivity index (χ0) is 42.8. The minimum atomic E-state index is -1.73. The van der Waals surface area contributed by atoms with E-state index in [-0.39, 0.29) is 54.8 Å². The molecule has 25 atom stereocenters. The van der Waals surface area contributed by atoms with Gasteiger partial charge >= 0.3 is 0 Å². The molecule has 9 rings (SSSR count). The summed E-state index contributed by atoms with van der Waals surface area (Å²) in [6, 6.07) is 0. The molecule has 0 amide bonds. The van der Waals surface area contributed by atoms with E-state index >= 15 is 0 Å². The van der Waals surface area contributed by atoms with Crippen LogP contribution in [-0.4, -0.2) is 176 Å². The van der Waals surface area contributed by atoms with Gasteiger partial charge in [0.2, 0.25) is 0 Å². The fourth-order valence-corrected chi connectivity index (χ4v) is 13.5. The van der Waals surface area contributed by atoms with Crippen molar-refractivity contribution in [1.29, 1.82) is 0 Å². The largest absolute Gasteiger partial charge is 0.393 e. The molecule has 5 aliphatic heterocycles. The van der Waals surface area contributed by atoms with Crippen LogP contribution < -0.4 is 0 Å². The topological polar surface area (TPSA) is 256 Å². The minimum absolute atomic E-state index is 0.0262. The Morgan fingerprint density at radius 1 is 0.750 bits per heavy atom. The lowest BCUT2D eigenvalue weighted by Gasteiger charge is -2.60. The lowest BCUT2D eigenvalue weighted by atomic mass is 9.46. The van der Waals surface area contributed by atoms with Crippen molar-refractivity contribution in [3.05, 3.63) is 23.8 Å². The van der Waals surface area contributed by atoms with E-state index in [9.17, 15) is 46.0 Å². The summed E-state index contributed by atoms with van der Waals surface area (Å²) in [6.07, 6.45) is -14.3. The van der Waals surface area contributed by atoms with Gasteiger partial charge in [-0.15, -0.1) is 0 Å². The fourth-order valence-electron chi connectivity index (χ4n) is 13.5. The van der Waals surface area contributed by atoms with Gasteiger partial charge in [0.25, 0.3) is 0 Å². The molecule has 9 N–H and O–H groups in total. The summed E-state index contributed by atoms with van der Waals surface area (Å²) in [5.74, 6) is -0.162. The van der Waals surface area contributed by atoms with E-state index < -0.39 is 109 Å². The standard InChI is InChI=1S/C43H66O17/c1-17-10-28(47)43(55-14-17)18(2)30-27(60-43)13-24-22-7-6-20-11-21(44)12-29(42(20,5)23(22)8-9-41(24,30)4)57-40-37(59-39-35(52)33(50)31(48)19(3)56-39)36(26(46)16-54-40)58-38-34(51)32(49)25(45)15-53-38/h6,18-19,21-40,44-52H,1,7-16H2,2-5H3/t18-,19-,21+,22?,23?,24?,25+,26-,27-,28-,29+,30-,31-,32-,33+,34+,35+,36-,37+,38-,39-,40-,41-,42-,43-/m0/s1. The molecule has 0 aromatic carbocycles. The molecule has 0 aromatic rings. The number of allylic oxidation sites excluding steroid dienone is 1. The van der Waals surface area contributed by atoms with E-state index in [0.29, 0.717) is 25.4 Å². The van der Waals surface area contributed by atoms with Crippen molar-refractivity contribution in [2.75, 3.05) is 19.8 Å². The number of ether oxygens (including phenoxy) is 8. The van der Waals surface area contributed by atoms with Crippen LogP contribution in [0.3, 0.4) is 0 Å². The van der Waals surface area contributed by atoms with Gasteiger partial charge in [-0.1, -0.05) is 39.0 Å². The van der Waals surface area contributed by atoms with Crippen molar-refractivity contribution in [3.63, 3.8) is 0 Å². The Kier molecular flexibility index (Phi) is 11.8. The number of hydrogen-bond donors (Lipinski definition) is 9. The van der Waals surface area contributed by atoms with Gasteiger partial charge in [0.05, 0.1) is 44.2 Å². The van der Waals surface area contributed by atoms with Crippen LogP contribution in [0.5, 0.6) is 0 Å². The van der Waals surface area contributed by atoms with Gasteiger partial charge in [-0.2, -0.15) is 0 Å².